The Labute approximate surface area is 61.0 Å². The first-order chi connectivity index (χ1) is 4.47. The minimum atomic E-state index is 0. The van der Waals surface area contributed by atoms with Crippen LogP contribution >= 0.6 is 0 Å². The number of benzene rings is 1. The van der Waals surface area contributed by atoms with Crippen molar-refractivity contribution in [3.05, 3.63) is 41.5 Å². The van der Waals surface area contributed by atoms with Gasteiger partial charge in [0, 0.05) is 6.15 Å². The molecular formula is C9H8N. The quantitative estimate of drug-likeness (QED) is 0.512. The fraction of sp³-hybridized carbons (Fsp3) is 0.111. The first kappa shape index (κ1) is 7.03. The molecule has 1 aromatic carbocycles. The van der Waals surface area contributed by atoms with Gasteiger partial charge in [0.05, 0.1) is 0 Å². The van der Waals surface area contributed by atoms with Gasteiger partial charge in [-0.05, 0) is 17.5 Å². The Morgan fingerprint density at radius 1 is 1.10 bits per heavy atom. The zero-order valence-electron chi connectivity index (χ0n) is 5.62. The van der Waals surface area contributed by atoms with Gasteiger partial charge in [-0.25, -0.2) is 0 Å². The number of rotatable bonds is 0. The summed E-state index contributed by atoms with van der Waals surface area (Å²) in [6.07, 6.45) is 5.50. The Morgan fingerprint density at radius 3 is 2.70 bits per heavy atom. The van der Waals surface area contributed by atoms with Crippen LogP contribution in [0.3, 0.4) is 0 Å². The molecule has 49 valence electrons. The molecule has 0 saturated carbocycles. The maximum atomic E-state index is 2.20. The van der Waals surface area contributed by atoms with Gasteiger partial charge in [0.25, 0.3) is 0 Å². The van der Waals surface area contributed by atoms with Gasteiger partial charge in [-0.1, -0.05) is 36.4 Å². The Hall–Kier alpha value is -1.08. The lowest BCUT2D eigenvalue weighted by molar-refractivity contribution is 1.31. The lowest BCUT2D eigenvalue weighted by Crippen LogP contribution is -1.76. The Balaban J connectivity index is 0.000000500. The van der Waals surface area contributed by atoms with Crippen molar-refractivity contribution in [2.24, 2.45) is 0 Å². The summed E-state index contributed by atoms with van der Waals surface area (Å²) < 4.78 is 0. The molecule has 3 radical (unpaired) electrons. The van der Waals surface area contributed by atoms with E-state index in [-0.39, 0.29) is 6.15 Å². The van der Waals surface area contributed by atoms with E-state index in [2.05, 4.69) is 36.4 Å². The highest BCUT2D eigenvalue weighted by molar-refractivity contribution is 5.59. The van der Waals surface area contributed by atoms with Crippen molar-refractivity contribution >= 4 is 6.08 Å². The average molecular weight is 130 g/mol. The van der Waals surface area contributed by atoms with Crippen molar-refractivity contribution in [3.8, 4) is 0 Å². The molecule has 1 nitrogen and oxygen atoms in total. The summed E-state index contributed by atoms with van der Waals surface area (Å²) in [5.41, 5.74) is 2.84. The standard InChI is InChI=1S/C9H8.N/c1-2-5-9-7-3-6-8(9)4-1;/h1-6H,7H2;. The van der Waals surface area contributed by atoms with E-state index >= 15 is 0 Å². The molecule has 0 heterocycles. The van der Waals surface area contributed by atoms with Crippen LogP contribution in [0.2, 0.25) is 0 Å². The predicted octanol–water partition coefficient (Wildman–Crippen LogP) is 1.78. The molecule has 1 aromatic rings. The molecule has 0 N–H and O–H groups in total. The summed E-state index contributed by atoms with van der Waals surface area (Å²) in [4.78, 5) is 0. The first-order valence-corrected chi connectivity index (χ1v) is 3.21. The van der Waals surface area contributed by atoms with Crippen molar-refractivity contribution in [2.75, 3.05) is 0 Å². The van der Waals surface area contributed by atoms with E-state index in [1.165, 1.54) is 11.1 Å². The maximum absolute atomic E-state index is 2.20. The molecule has 0 spiro atoms. The zero-order chi connectivity index (χ0) is 6.10. The van der Waals surface area contributed by atoms with Crippen LogP contribution in [0.25, 0.3) is 6.08 Å². The molecule has 0 aliphatic heterocycles. The molecule has 2 rings (SSSR count). The van der Waals surface area contributed by atoms with E-state index < -0.39 is 0 Å². The normalized spacial score (nSPS) is 12.4. The van der Waals surface area contributed by atoms with Crippen LogP contribution in [0.15, 0.2) is 30.3 Å². The van der Waals surface area contributed by atoms with Gasteiger partial charge in [0.2, 0.25) is 0 Å². The topological polar surface area (TPSA) is 30.5 Å². The van der Waals surface area contributed by atoms with Gasteiger partial charge >= 0.3 is 0 Å². The fourth-order valence-corrected chi connectivity index (χ4v) is 1.20. The highest BCUT2D eigenvalue weighted by Gasteiger charge is 2.00. The van der Waals surface area contributed by atoms with Crippen molar-refractivity contribution < 1.29 is 0 Å². The van der Waals surface area contributed by atoms with Crippen LogP contribution in [0.1, 0.15) is 11.1 Å². The molecule has 0 unspecified atom stereocenters. The average Bonchev–Trinajstić information content (AvgIpc) is 2.33. The van der Waals surface area contributed by atoms with E-state index in [0.717, 1.165) is 6.42 Å². The summed E-state index contributed by atoms with van der Waals surface area (Å²) in [5, 5.41) is 0. The Bertz CT molecular complexity index is 251. The van der Waals surface area contributed by atoms with E-state index in [0.29, 0.717) is 0 Å². The Kier molecular flexibility index (Phi) is 1.88. The third kappa shape index (κ3) is 0.957. The highest BCUT2D eigenvalue weighted by atomic mass is 14.0. The molecule has 1 heteroatoms. The number of hydrogen-bond acceptors (Lipinski definition) is 0. The van der Waals surface area contributed by atoms with Crippen LogP contribution in [0.4, 0.5) is 0 Å². The van der Waals surface area contributed by atoms with Crippen LogP contribution in [-0.4, -0.2) is 0 Å². The number of allylic oxidation sites excluding steroid dienone is 1. The molecule has 1 aliphatic carbocycles. The van der Waals surface area contributed by atoms with Gasteiger partial charge in [-0.2, -0.15) is 0 Å². The van der Waals surface area contributed by atoms with Crippen LogP contribution in [-0.2, 0) is 6.42 Å². The van der Waals surface area contributed by atoms with Crippen molar-refractivity contribution in [1.29, 1.82) is 0 Å². The van der Waals surface area contributed by atoms with Gasteiger partial charge in [0.15, 0.2) is 0 Å². The smallest absolute Gasteiger partial charge is 0 e. The van der Waals surface area contributed by atoms with E-state index in [1.807, 2.05) is 0 Å². The van der Waals surface area contributed by atoms with E-state index in [1.54, 1.807) is 0 Å². The second-order valence-electron chi connectivity index (χ2n) is 2.31. The molecular weight excluding hydrogens is 122 g/mol. The third-order valence-corrected chi connectivity index (χ3v) is 1.69. The van der Waals surface area contributed by atoms with Gasteiger partial charge in [-0.15, -0.1) is 0 Å². The zero-order valence-corrected chi connectivity index (χ0v) is 5.62. The number of fused-ring (bicyclic) bond motifs is 1. The van der Waals surface area contributed by atoms with Crippen molar-refractivity contribution in [1.82, 2.24) is 6.15 Å². The minimum Gasteiger partial charge on any atom is -0.0795 e. The van der Waals surface area contributed by atoms with Crippen LogP contribution in [0, 0.1) is 0 Å². The van der Waals surface area contributed by atoms with Gasteiger partial charge in [0.1, 0.15) is 0 Å². The number of nitrogens with zero attached hydrogens (tertiary/aromatic N) is 1. The van der Waals surface area contributed by atoms with Crippen molar-refractivity contribution in [3.63, 3.8) is 0 Å². The van der Waals surface area contributed by atoms with Gasteiger partial charge in [-0.3, -0.25) is 0 Å². The van der Waals surface area contributed by atoms with Crippen LogP contribution < -0.4 is 6.15 Å². The molecule has 0 atom stereocenters. The first-order valence-electron chi connectivity index (χ1n) is 3.21. The third-order valence-electron chi connectivity index (χ3n) is 1.69. The minimum absolute atomic E-state index is 0. The fourth-order valence-electron chi connectivity index (χ4n) is 1.20. The number of hydrogen-bond donors (Lipinski definition) is 0. The van der Waals surface area contributed by atoms with Crippen LogP contribution in [0.5, 0.6) is 0 Å². The summed E-state index contributed by atoms with van der Waals surface area (Å²) in [5.74, 6) is 0. The largest absolute Gasteiger partial charge is 0.0795 e. The summed E-state index contributed by atoms with van der Waals surface area (Å²) in [7, 11) is 0. The second kappa shape index (κ2) is 2.67. The lowest BCUT2D eigenvalue weighted by atomic mass is 10.1. The van der Waals surface area contributed by atoms with Crippen molar-refractivity contribution in [2.45, 2.75) is 6.42 Å². The predicted molar refractivity (Wildman–Crippen MR) is 41.3 cm³/mol. The van der Waals surface area contributed by atoms with Gasteiger partial charge < -0.3 is 0 Å². The van der Waals surface area contributed by atoms with E-state index in [4.69, 9.17) is 0 Å². The molecule has 0 amide bonds. The maximum Gasteiger partial charge on any atom is 0 e. The molecule has 1 aliphatic rings. The monoisotopic (exact) mass is 130 g/mol. The highest BCUT2D eigenvalue weighted by Crippen LogP contribution is 2.17. The van der Waals surface area contributed by atoms with E-state index in [9.17, 15) is 0 Å². The lowest BCUT2D eigenvalue weighted by Gasteiger charge is -1.93. The second-order valence-corrected chi connectivity index (χ2v) is 2.31. The molecule has 0 aromatic heterocycles. The molecule has 0 fully saturated rings. The summed E-state index contributed by atoms with van der Waals surface area (Å²) in [6, 6.07) is 8.49. The Morgan fingerprint density at radius 2 is 1.90 bits per heavy atom. The molecule has 10 heavy (non-hydrogen) atoms. The summed E-state index contributed by atoms with van der Waals surface area (Å²) in [6.45, 7) is 0. The molecule has 0 bridgehead atoms. The SMILES string of the molecule is C1=Cc2ccccc2C1.[N]. The molecule has 0 saturated heterocycles. The summed E-state index contributed by atoms with van der Waals surface area (Å²) >= 11 is 0.